The second-order valence-electron chi connectivity index (χ2n) is 7.06. The Morgan fingerprint density at radius 1 is 0.929 bits per heavy atom. The fraction of sp³-hybridized carbons (Fsp3) is 0.286. The molecule has 3 heterocycles. The van der Waals surface area contributed by atoms with Crippen LogP contribution in [0.3, 0.4) is 0 Å². The van der Waals surface area contributed by atoms with E-state index in [9.17, 15) is 0 Å². The van der Waals surface area contributed by atoms with E-state index in [1.807, 2.05) is 24.4 Å². The molecule has 0 saturated carbocycles. The molecular weight excluding hydrogens is 350 g/mol. The largest absolute Gasteiger partial charge is 0.393 e. The van der Waals surface area contributed by atoms with Crippen LogP contribution in [0.2, 0.25) is 0 Å². The number of anilines is 5. The molecule has 1 aliphatic rings. The SMILES string of the molecule is Cc1ccc(Nc2ncnc(N3CCN(c4ccccn4)CC3)c2N)c(C)c1. The highest BCUT2D eigenvalue weighted by Crippen LogP contribution is 2.30. The van der Waals surface area contributed by atoms with Gasteiger partial charge in [0.05, 0.1) is 0 Å². The molecule has 7 nitrogen and oxygen atoms in total. The van der Waals surface area contributed by atoms with Crippen LogP contribution < -0.4 is 20.9 Å². The van der Waals surface area contributed by atoms with Gasteiger partial charge in [0.15, 0.2) is 11.6 Å². The van der Waals surface area contributed by atoms with E-state index >= 15 is 0 Å². The highest BCUT2D eigenvalue weighted by atomic mass is 15.3. The van der Waals surface area contributed by atoms with Gasteiger partial charge in [-0.3, -0.25) is 0 Å². The first kappa shape index (κ1) is 18.0. The van der Waals surface area contributed by atoms with Gasteiger partial charge in [-0.05, 0) is 37.6 Å². The summed E-state index contributed by atoms with van der Waals surface area (Å²) >= 11 is 0. The normalized spacial score (nSPS) is 14.2. The van der Waals surface area contributed by atoms with Crippen LogP contribution in [-0.4, -0.2) is 41.1 Å². The number of piperazine rings is 1. The minimum atomic E-state index is 0.578. The zero-order valence-electron chi connectivity index (χ0n) is 16.3. The molecule has 4 rings (SSSR count). The lowest BCUT2D eigenvalue weighted by Crippen LogP contribution is -2.47. The molecule has 0 aliphatic carbocycles. The fourth-order valence-corrected chi connectivity index (χ4v) is 3.51. The van der Waals surface area contributed by atoms with Crippen LogP contribution in [0.5, 0.6) is 0 Å². The first-order valence-corrected chi connectivity index (χ1v) is 9.47. The zero-order valence-corrected chi connectivity index (χ0v) is 16.3. The van der Waals surface area contributed by atoms with E-state index in [0.29, 0.717) is 11.5 Å². The number of nitrogens with zero attached hydrogens (tertiary/aromatic N) is 5. The summed E-state index contributed by atoms with van der Waals surface area (Å²) in [5.41, 5.74) is 10.4. The third-order valence-corrected chi connectivity index (χ3v) is 5.05. The molecule has 1 aromatic carbocycles. The Balaban J connectivity index is 1.49. The number of aromatic nitrogens is 3. The molecule has 2 aromatic heterocycles. The van der Waals surface area contributed by atoms with Crippen molar-refractivity contribution in [3.05, 3.63) is 60.0 Å². The Morgan fingerprint density at radius 2 is 1.71 bits per heavy atom. The molecule has 144 valence electrons. The van der Waals surface area contributed by atoms with Gasteiger partial charge in [-0.15, -0.1) is 0 Å². The number of aryl methyl sites for hydroxylation is 2. The van der Waals surface area contributed by atoms with Gasteiger partial charge in [-0.25, -0.2) is 15.0 Å². The van der Waals surface area contributed by atoms with Gasteiger partial charge in [0.25, 0.3) is 0 Å². The number of pyridine rings is 1. The smallest absolute Gasteiger partial charge is 0.159 e. The van der Waals surface area contributed by atoms with Crippen molar-refractivity contribution >= 4 is 28.8 Å². The van der Waals surface area contributed by atoms with Crippen molar-refractivity contribution in [1.29, 1.82) is 0 Å². The van der Waals surface area contributed by atoms with Crippen molar-refractivity contribution < 1.29 is 0 Å². The number of hydrogen-bond acceptors (Lipinski definition) is 7. The molecule has 0 atom stereocenters. The molecule has 0 unspecified atom stereocenters. The van der Waals surface area contributed by atoms with Crippen LogP contribution >= 0.6 is 0 Å². The second kappa shape index (κ2) is 7.72. The monoisotopic (exact) mass is 375 g/mol. The van der Waals surface area contributed by atoms with Crippen molar-refractivity contribution in [3.8, 4) is 0 Å². The maximum absolute atomic E-state index is 6.43. The zero-order chi connectivity index (χ0) is 19.5. The third-order valence-electron chi connectivity index (χ3n) is 5.05. The van der Waals surface area contributed by atoms with E-state index in [1.165, 1.54) is 5.56 Å². The topological polar surface area (TPSA) is 83.2 Å². The van der Waals surface area contributed by atoms with E-state index < -0.39 is 0 Å². The van der Waals surface area contributed by atoms with Gasteiger partial charge >= 0.3 is 0 Å². The Morgan fingerprint density at radius 3 is 2.43 bits per heavy atom. The molecule has 0 radical (unpaired) electrons. The van der Waals surface area contributed by atoms with Crippen LogP contribution in [0.1, 0.15) is 11.1 Å². The lowest BCUT2D eigenvalue weighted by Gasteiger charge is -2.36. The van der Waals surface area contributed by atoms with E-state index in [0.717, 1.165) is 49.1 Å². The molecule has 0 spiro atoms. The van der Waals surface area contributed by atoms with Crippen molar-refractivity contribution in [2.24, 2.45) is 0 Å². The van der Waals surface area contributed by atoms with Gasteiger partial charge in [-0.1, -0.05) is 23.8 Å². The van der Waals surface area contributed by atoms with Crippen molar-refractivity contribution in [2.45, 2.75) is 13.8 Å². The number of benzene rings is 1. The highest BCUT2D eigenvalue weighted by Gasteiger charge is 2.22. The van der Waals surface area contributed by atoms with Gasteiger partial charge in [0, 0.05) is 38.1 Å². The second-order valence-corrected chi connectivity index (χ2v) is 7.06. The van der Waals surface area contributed by atoms with Gasteiger partial charge in [0.1, 0.15) is 17.8 Å². The molecule has 3 N–H and O–H groups in total. The van der Waals surface area contributed by atoms with Crippen molar-refractivity contribution in [3.63, 3.8) is 0 Å². The summed E-state index contributed by atoms with van der Waals surface area (Å²) in [5, 5.41) is 3.36. The quantitative estimate of drug-likeness (QED) is 0.725. The van der Waals surface area contributed by atoms with Gasteiger partial charge < -0.3 is 20.9 Å². The van der Waals surface area contributed by atoms with Gasteiger partial charge in [-0.2, -0.15) is 0 Å². The molecular formula is C21H25N7. The van der Waals surface area contributed by atoms with Gasteiger partial charge in [0.2, 0.25) is 0 Å². The Labute approximate surface area is 165 Å². The van der Waals surface area contributed by atoms with Crippen molar-refractivity contribution in [1.82, 2.24) is 15.0 Å². The lowest BCUT2D eigenvalue weighted by molar-refractivity contribution is 0.642. The van der Waals surface area contributed by atoms with Crippen LogP contribution in [0.4, 0.5) is 28.8 Å². The van der Waals surface area contributed by atoms with E-state index in [-0.39, 0.29) is 0 Å². The first-order chi connectivity index (χ1) is 13.6. The number of nitrogens with one attached hydrogen (secondary N) is 1. The Hall–Kier alpha value is -3.35. The maximum atomic E-state index is 6.43. The number of nitrogens with two attached hydrogens (primary N) is 1. The predicted octanol–water partition coefficient (Wildman–Crippen LogP) is 3.14. The molecule has 1 aliphatic heterocycles. The summed E-state index contributed by atoms with van der Waals surface area (Å²) in [5.74, 6) is 2.43. The van der Waals surface area contributed by atoms with Crippen LogP contribution in [0.15, 0.2) is 48.9 Å². The number of rotatable bonds is 4. The highest BCUT2D eigenvalue weighted by molar-refractivity contribution is 5.79. The number of hydrogen-bond donors (Lipinski definition) is 2. The minimum Gasteiger partial charge on any atom is -0.393 e. The molecule has 3 aromatic rings. The number of nitrogen functional groups attached to an aromatic ring is 1. The summed E-state index contributed by atoms with van der Waals surface area (Å²) in [7, 11) is 0. The van der Waals surface area contributed by atoms with E-state index in [4.69, 9.17) is 5.73 Å². The fourth-order valence-electron chi connectivity index (χ4n) is 3.51. The summed E-state index contributed by atoms with van der Waals surface area (Å²) in [4.78, 5) is 17.7. The Bertz CT molecular complexity index is 950. The van der Waals surface area contributed by atoms with E-state index in [2.05, 4.69) is 62.1 Å². The average molecular weight is 375 g/mol. The van der Waals surface area contributed by atoms with E-state index in [1.54, 1.807) is 6.33 Å². The molecule has 28 heavy (non-hydrogen) atoms. The first-order valence-electron chi connectivity index (χ1n) is 9.47. The molecule has 1 saturated heterocycles. The van der Waals surface area contributed by atoms with Crippen molar-refractivity contribution in [2.75, 3.05) is 47.0 Å². The summed E-state index contributed by atoms with van der Waals surface area (Å²) in [6.07, 6.45) is 3.40. The summed E-state index contributed by atoms with van der Waals surface area (Å²) in [6, 6.07) is 12.3. The maximum Gasteiger partial charge on any atom is 0.159 e. The molecule has 0 amide bonds. The Kier molecular flexibility index (Phi) is 4.97. The predicted molar refractivity (Wildman–Crippen MR) is 114 cm³/mol. The lowest BCUT2D eigenvalue weighted by atomic mass is 10.1. The minimum absolute atomic E-state index is 0.578. The summed E-state index contributed by atoms with van der Waals surface area (Å²) in [6.45, 7) is 7.57. The van der Waals surface area contributed by atoms with Crippen LogP contribution in [0, 0.1) is 13.8 Å². The molecule has 0 bridgehead atoms. The molecule has 7 heteroatoms. The van der Waals surface area contributed by atoms with Crippen LogP contribution in [-0.2, 0) is 0 Å². The average Bonchev–Trinajstić information content (AvgIpc) is 2.72. The summed E-state index contributed by atoms with van der Waals surface area (Å²) < 4.78 is 0. The third kappa shape index (κ3) is 3.69. The standard InChI is InChI=1S/C21H25N7/c1-15-6-7-17(16(2)13-15)26-20-19(22)21(25-14-24-20)28-11-9-27(10-12-28)18-5-3-4-8-23-18/h3-8,13-14H,9-12,22H2,1-2H3,(H,24,25,26). The van der Waals surface area contributed by atoms with Crippen LogP contribution in [0.25, 0.3) is 0 Å². The molecule has 1 fully saturated rings.